The fourth-order valence-corrected chi connectivity index (χ4v) is 2.24. The molecule has 1 saturated heterocycles. The van der Waals surface area contributed by atoms with E-state index in [2.05, 4.69) is 5.32 Å². The third kappa shape index (κ3) is 3.12. The van der Waals surface area contributed by atoms with Gasteiger partial charge in [0.25, 0.3) is 5.69 Å². The fourth-order valence-electron chi connectivity index (χ4n) is 2.07. The van der Waals surface area contributed by atoms with Crippen molar-refractivity contribution >= 4 is 28.9 Å². The van der Waals surface area contributed by atoms with Crippen LogP contribution in [0.3, 0.4) is 0 Å². The first-order valence-corrected chi connectivity index (χ1v) is 6.61. The van der Waals surface area contributed by atoms with Gasteiger partial charge in [-0.15, -0.1) is 0 Å². The number of halogens is 1. The summed E-state index contributed by atoms with van der Waals surface area (Å²) in [5, 5.41) is 22.7. The highest BCUT2D eigenvalue weighted by atomic mass is 35.5. The SMILES string of the molecule is N#CC1(C(=O)Nc2cc([N+](=O)[O-])ccc2Cl)CCOCC1. The smallest absolute Gasteiger partial charge is 0.271 e. The van der Waals surface area contributed by atoms with Crippen molar-refractivity contribution in [2.24, 2.45) is 5.41 Å². The molecule has 0 atom stereocenters. The van der Waals surface area contributed by atoms with Crippen LogP contribution in [0.2, 0.25) is 5.02 Å². The zero-order chi connectivity index (χ0) is 15.5. The topological polar surface area (TPSA) is 105 Å². The Morgan fingerprint density at radius 2 is 2.14 bits per heavy atom. The molecule has 1 N–H and O–H groups in total. The summed E-state index contributed by atoms with van der Waals surface area (Å²) in [6, 6.07) is 5.77. The molecule has 8 heteroatoms. The highest BCUT2D eigenvalue weighted by Gasteiger charge is 2.40. The van der Waals surface area contributed by atoms with E-state index >= 15 is 0 Å². The maximum Gasteiger partial charge on any atom is 0.271 e. The van der Waals surface area contributed by atoms with Crippen LogP contribution in [0, 0.1) is 26.9 Å². The van der Waals surface area contributed by atoms with Gasteiger partial charge >= 0.3 is 0 Å². The van der Waals surface area contributed by atoms with Gasteiger partial charge in [-0.05, 0) is 18.9 Å². The van der Waals surface area contributed by atoms with Crippen LogP contribution in [-0.4, -0.2) is 24.0 Å². The van der Waals surface area contributed by atoms with Crippen LogP contribution in [0.5, 0.6) is 0 Å². The van der Waals surface area contributed by atoms with Crippen molar-refractivity contribution in [2.45, 2.75) is 12.8 Å². The average Bonchev–Trinajstić information content (AvgIpc) is 2.49. The van der Waals surface area contributed by atoms with Crippen molar-refractivity contribution in [3.63, 3.8) is 0 Å². The normalized spacial score (nSPS) is 16.8. The van der Waals surface area contributed by atoms with Crippen LogP contribution in [0.1, 0.15) is 12.8 Å². The van der Waals surface area contributed by atoms with Gasteiger partial charge in [0.1, 0.15) is 5.41 Å². The van der Waals surface area contributed by atoms with E-state index in [1.54, 1.807) is 0 Å². The Morgan fingerprint density at radius 3 is 2.71 bits per heavy atom. The minimum absolute atomic E-state index is 0.122. The first kappa shape index (κ1) is 15.2. The molecule has 21 heavy (non-hydrogen) atoms. The predicted octanol–water partition coefficient (Wildman–Crippen LogP) is 2.51. The number of carbonyl (C=O) groups is 1. The van der Waals surface area contributed by atoms with Crippen molar-refractivity contribution in [1.29, 1.82) is 5.26 Å². The molecular formula is C13H12ClN3O4. The molecule has 110 valence electrons. The highest BCUT2D eigenvalue weighted by Crippen LogP contribution is 2.33. The molecule has 0 spiro atoms. The summed E-state index contributed by atoms with van der Waals surface area (Å²) in [5.74, 6) is -0.518. The number of nitro groups is 1. The lowest BCUT2D eigenvalue weighted by Crippen LogP contribution is -2.40. The molecule has 2 rings (SSSR count). The van der Waals surface area contributed by atoms with Crippen LogP contribution in [0.25, 0.3) is 0 Å². The molecule has 0 unspecified atom stereocenters. The number of nitriles is 1. The van der Waals surface area contributed by atoms with Crippen molar-refractivity contribution < 1.29 is 14.5 Å². The van der Waals surface area contributed by atoms with E-state index in [-0.39, 0.29) is 29.2 Å². The first-order chi connectivity index (χ1) is 9.98. The summed E-state index contributed by atoms with van der Waals surface area (Å²) in [6.45, 7) is 0.646. The second kappa shape index (κ2) is 6.08. The molecule has 1 fully saturated rings. The quantitative estimate of drug-likeness (QED) is 0.682. The molecule has 0 radical (unpaired) electrons. The number of nitro benzene ring substituents is 1. The van der Waals surface area contributed by atoms with Crippen molar-refractivity contribution in [3.8, 4) is 6.07 Å². The predicted molar refractivity (Wildman–Crippen MR) is 74.8 cm³/mol. The molecule has 0 aliphatic carbocycles. The summed E-state index contributed by atoms with van der Waals surface area (Å²) < 4.78 is 5.15. The summed E-state index contributed by atoms with van der Waals surface area (Å²) in [6.07, 6.45) is 0.559. The van der Waals surface area contributed by atoms with Gasteiger partial charge in [0.2, 0.25) is 5.91 Å². The third-order valence-electron chi connectivity index (χ3n) is 3.40. The van der Waals surface area contributed by atoms with E-state index in [0.29, 0.717) is 13.2 Å². The molecule has 0 bridgehead atoms. The Balaban J connectivity index is 2.25. The molecule has 1 aliphatic heterocycles. The number of anilines is 1. The van der Waals surface area contributed by atoms with Gasteiger partial charge in [-0.2, -0.15) is 5.26 Å². The summed E-state index contributed by atoms with van der Waals surface area (Å²) in [4.78, 5) is 22.5. The fraction of sp³-hybridized carbons (Fsp3) is 0.385. The summed E-state index contributed by atoms with van der Waals surface area (Å²) in [7, 11) is 0. The number of non-ortho nitro benzene ring substituents is 1. The Kier molecular flexibility index (Phi) is 4.40. The lowest BCUT2D eigenvalue weighted by Gasteiger charge is -2.29. The van der Waals surface area contributed by atoms with E-state index < -0.39 is 16.2 Å². The van der Waals surface area contributed by atoms with Gasteiger partial charge in [-0.1, -0.05) is 11.6 Å². The maximum atomic E-state index is 12.3. The minimum atomic E-state index is -1.19. The average molecular weight is 310 g/mol. The Bertz CT molecular complexity index is 620. The van der Waals surface area contributed by atoms with E-state index in [0.717, 1.165) is 0 Å². The molecule has 7 nitrogen and oxygen atoms in total. The van der Waals surface area contributed by atoms with Crippen LogP contribution in [-0.2, 0) is 9.53 Å². The molecular weight excluding hydrogens is 298 g/mol. The van der Waals surface area contributed by atoms with Crippen molar-refractivity contribution in [3.05, 3.63) is 33.3 Å². The summed E-state index contributed by atoms with van der Waals surface area (Å²) in [5.41, 5.74) is -1.25. The molecule has 1 heterocycles. The van der Waals surface area contributed by atoms with E-state index in [9.17, 15) is 20.2 Å². The van der Waals surface area contributed by atoms with Crippen LogP contribution >= 0.6 is 11.6 Å². The lowest BCUT2D eigenvalue weighted by molar-refractivity contribution is -0.384. The van der Waals surface area contributed by atoms with Crippen LogP contribution in [0.4, 0.5) is 11.4 Å². The molecule has 1 aromatic rings. The number of ether oxygens (including phenoxy) is 1. The van der Waals surface area contributed by atoms with E-state index in [1.165, 1.54) is 18.2 Å². The number of nitrogens with one attached hydrogen (secondary N) is 1. The van der Waals surface area contributed by atoms with Gasteiger partial charge in [0.15, 0.2) is 0 Å². The Morgan fingerprint density at radius 1 is 1.48 bits per heavy atom. The highest BCUT2D eigenvalue weighted by molar-refractivity contribution is 6.33. The third-order valence-corrected chi connectivity index (χ3v) is 3.73. The zero-order valence-corrected chi connectivity index (χ0v) is 11.7. The molecule has 1 aliphatic rings. The van der Waals surface area contributed by atoms with Gasteiger partial charge in [0, 0.05) is 25.3 Å². The minimum Gasteiger partial charge on any atom is -0.381 e. The Labute approximate surface area is 125 Å². The van der Waals surface area contributed by atoms with E-state index in [4.69, 9.17) is 16.3 Å². The second-order valence-electron chi connectivity index (χ2n) is 4.68. The molecule has 0 saturated carbocycles. The van der Waals surface area contributed by atoms with Crippen molar-refractivity contribution in [2.75, 3.05) is 18.5 Å². The van der Waals surface area contributed by atoms with Crippen LogP contribution < -0.4 is 5.32 Å². The number of amides is 1. The molecule has 1 amide bonds. The molecule has 1 aromatic carbocycles. The standard InChI is InChI=1S/C13H12ClN3O4/c14-10-2-1-9(17(19)20)7-11(10)16-12(18)13(8-15)3-5-21-6-4-13/h1-2,7H,3-6H2,(H,16,18). The lowest BCUT2D eigenvalue weighted by atomic mass is 9.81. The number of hydrogen-bond donors (Lipinski definition) is 1. The van der Waals surface area contributed by atoms with Gasteiger partial charge in [-0.25, -0.2) is 0 Å². The first-order valence-electron chi connectivity index (χ1n) is 6.23. The van der Waals surface area contributed by atoms with E-state index in [1.807, 2.05) is 6.07 Å². The van der Waals surface area contributed by atoms with Gasteiger partial charge < -0.3 is 10.1 Å². The van der Waals surface area contributed by atoms with Gasteiger partial charge in [0.05, 0.1) is 21.7 Å². The number of benzene rings is 1. The number of nitrogens with zero attached hydrogens (tertiary/aromatic N) is 2. The summed E-state index contributed by atoms with van der Waals surface area (Å²) >= 11 is 5.93. The number of rotatable bonds is 3. The zero-order valence-electron chi connectivity index (χ0n) is 11.0. The Hall–Kier alpha value is -2.17. The largest absolute Gasteiger partial charge is 0.381 e. The monoisotopic (exact) mass is 309 g/mol. The maximum absolute atomic E-state index is 12.3. The van der Waals surface area contributed by atoms with Gasteiger partial charge in [-0.3, -0.25) is 14.9 Å². The number of carbonyl (C=O) groups excluding carboxylic acids is 1. The second-order valence-corrected chi connectivity index (χ2v) is 5.09. The van der Waals surface area contributed by atoms with Crippen molar-refractivity contribution in [1.82, 2.24) is 0 Å². The number of hydrogen-bond acceptors (Lipinski definition) is 5. The molecule has 0 aromatic heterocycles. The van der Waals surface area contributed by atoms with Crippen LogP contribution in [0.15, 0.2) is 18.2 Å².